The van der Waals surface area contributed by atoms with Crippen molar-refractivity contribution in [2.24, 2.45) is 5.73 Å². The summed E-state index contributed by atoms with van der Waals surface area (Å²) in [7, 11) is 0. The average Bonchev–Trinajstić information content (AvgIpc) is 2.14. The maximum atomic E-state index is 10.7. The lowest BCUT2D eigenvalue weighted by Crippen LogP contribution is -2.25. The Hall–Kier alpha value is -1.26. The maximum absolute atomic E-state index is 10.7. The molecule has 0 fully saturated rings. The van der Waals surface area contributed by atoms with Crippen LogP contribution >= 0.6 is 11.6 Å². The first-order valence-corrected chi connectivity index (χ1v) is 5.20. The van der Waals surface area contributed by atoms with Crippen LogP contribution in [0.2, 0.25) is 5.02 Å². The summed E-state index contributed by atoms with van der Waals surface area (Å²) in [5.41, 5.74) is 6.46. The lowest BCUT2D eigenvalue weighted by molar-refractivity contribution is 0.0148. The fraction of sp³-hybridized carbons (Fsp3) is 0.364. The van der Waals surface area contributed by atoms with Gasteiger partial charge in [-0.15, -0.1) is 0 Å². The lowest BCUT2D eigenvalue weighted by atomic mass is 10.0. The van der Waals surface area contributed by atoms with Crippen molar-refractivity contribution in [3.63, 3.8) is 0 Å². The number of ether oxygens (including phenoxy) is 1. The number of aliphatic hydroxyl groups is 1. The number of halogens is 1. The van der Waals surface area contributed by atoms with Gasteiger partial charge in [-0.2, -0.15) is 0 Å². The predicted octanol–water partition coefficient (Wildman–Crippen LogP) is 2.17. The van der Waals surface area contributed by atoms with Gasteiger partial charge < -0.3 is 15.6 Å². The standard InChI is InChI=1S/C11H14ClNO3/c1-6-3-4-8(9(12)5-6)10(7(2)14)16-11(13)15/h3-5,7,10,14H,1-2H3,(H2,13,15). The molecule has 0 aliphatic rings. The van der Waals surface area contributed by atoms with Gasteiger partial charge >= 0.3 is 6.09 Å². The van der Waals surface area contributed by atoms with Gasteiger partial charge in [-0.25, -0.2) is 4.79 Å². The summed E-state index contributed by atoms with van der Waals surface area (Å²) in [6.07, 6.45) is -2.67. The number of benzene rings is 1. The van der Waals surface area contributed by atoms with E-state index in [0.717, 1.165) is 5.56 Å². The molecular formula is C11H14ClNO3. The fourth-order valence-electron chi connectivity index (χ4n) is 1.41. The number of amides is 1. The zero-order valence-corrected chi connectivity index (χ0v) is 9.86. The molecule has 3 N–H and O–H groups in total. The van der Waals surface area contributed by atoms with E-state index >= 15 is 0 Å². The maximum Gasteiger partial charge on any atom is 0.405 e. The second-order valence-corrected chi connectivity index (χ2v) is 4.03. The highest BCUT2D eigenvalue weighted by atomic mass is 35.5. The van der Waals surface area contributed by atoms with Crippen molar-refractivity contribution in [2.75, 3.05) is 0 Å². The molecule has 0 aromatic heterocycles. The number of carbonyl (C=O) groups excluding carboxylic acids is 1. The molecule has 0 aliphatic heterocycles. The smallest absolute Gasteiger partial charge is 0.405 e. The quantitative estimate of drug-likeness (QED) is 0.855. The second kappa shape index (κ2) is 5.18. The zero-order chi connectivity index (χ0) is 12.3. The van der Waals surface area contributed by atoms with Crippen LogP contribution in [0.15, 0.2) is 18.2 Å². The highest BCUT2D eigenvalue weighted by molar-refractivity contribution is 6.31. The van der Waals surface area contributed by atoms with Crippen molar-refractivity contribution in [1.82, 2.24) is 0 Å². The molecule has 1 aromatic rings. The third-order valence-electron chi connectivity index (χ3n) is 2.14. The van der Waals surface area contributed by atoms with Crippen LogP contribution in [0.25, 0.3) is 0 Å². The summed E-state index contributed by atoms with van der Waals surface area (Å²) in [6.45, 7) is 3.39. The molecule has 0 heterocycles. The molecule has 0 saturated carbocycles. The summed E-state index contributed by atoms with van der Waals surface area (Å²) in [6, 6.07) is 5.26. The Morgan fingerprint density at radius 2 is 2.19 bits per heavy atom. The van der Waals surface area contributed by atoms with Crippen LogP contribution < -0.4 is 5.73 Å². The Balaban J connectivity index is 3.05. The summed E-state index contributed by atoms with van der Waals surface area (Å²) >= 11 is 6.01. The monoisotopic (exact) mass is 243 g/mol. The van der Waals surface area contributed by atoms with E-state index in [-0.39, 0.29) is 0 Å². The minimum absolute atomic E-state index is 0.437. The Bertz CT molecular complexity index is 393. The molecule has 1 amide bonds. The van der Waals surface area contributed by atoms with E-state index < -0.39 is 18.3 Å². The van der Waals surface area contributed by atoms with Crippen LogP contribution in [-0.4, -0.2) is 17.3 Å². The van der Waals surface area contributed by atoms with Gasteiger partial charge in [-0.05, 0) is 25.5 Å². The minimum Gasteiger partial charge on any atom is -0.439 e. The van der Waals surface area contributed by atoms with Gasteiger partial charge in [-0.1, -0.05) is 23.7 Å². The number of rotatable bonds is 3. The van der Waals surface area contributed by atoms with Crippen molar-refractivity contribution in [3.05, 3.63) is 34.3 Å². The highest BCUT2D eigenvalue weighted by Gasteiger charge is 2.23. The molecule has 0 aliphatic carbocycles. The molecule has 1 aromatic carbocycles. The molecule has 1 rings (SSSR count). The number of aliphatic hydroxyl groups excluding tert-OH is 1. The highest BCUT2D eigenvalue weighted by Crippen LogP contribution is 2.29. The van der Waals surface area contributed by atoms with Crippen molar-refractivity contribution in [3.8, 4) is 0 Å². The predicted molar refractivity (Wildman–Crippen MR) is 61.3 cm³/mol. The number of aryl methyl sites for hydroxylation is 1. The molecule has 4 nitrogen and oxygen atoms in total. The van der Waals surface area contributed by atoms with Gasteiger partial charge in [0, 0.05) is 10.6 Å². The van der Waals surface area contributed by atoms with Gasteiger partial charge in [0.15, 0.2) is 6.10 Å². The van der Waals surface area contributed by atoms with Crippen molar-refractivity contribution < 1.29 is 14.6 Å². The summed E-state index contributed by atoms with van der Waals surface area (Å²) in [5.74, 6) is 0. The van der Waals surface area contributed by atoms with E-state index in [1.54, 1.807) is 12.1 Å². The molecule has 88 valence electrons. The Morgan fingerprint density at radius 1 is 1.56 bits per heavy atom. The van der Waals surface area contributed by atoms with E-state index in [4.69, 9.17) is 22.1 Å². The number of primary amides is 1. The zero-order valence-electron chi connectivity index (χ0n) is 9.11. The summed E-state index contributed by atoms with van der Waals surface area (Å²) in [5, 5.41) is 9.95. The molecular weight excluding hydrogens is 230 g/mol. The van der Waals surface area contributed by atoms with Gasteiger partial charge in [0.05, 0.1) is 6.10 Å². The van der Waals surface area contributed by atoms with Crippen LogP contribution in [0.1, 0.15) is 24.2 Å². The molecule has 0 saturated heterocycles. The molecule has 0 spiro atoms. The molecule has 0 radical (unpaired) electrons. The molecule has 0 bridgehead atoms. The van der Waals surface area contributed by atoms with Crippen molar-refractivity contribution in [2.45, 2.75) is 26.1 Å². The second-order valence-electron chi connectivity index (χ2n) is 3.62. The molecule has 16 heavy (non-hydrogen) atoms. The number of carbonyl (C=O) groups is 1. The lowest BCUT2D eigenvalue weighted by Gasteiger charge is -2.20. The fourth-order valence-corrected chi connectivity index (χ4v) is 1.75. The van der Waals surface area contributed by atoms with Crippen LogP contribution in [0.5, 0.6) is 0 Å². The Kier molecular flexibility index (Phi) is 4.15. The van der Waals surface area contributed by atoms with Gasteiger partial charge in [-0.3, -0.25) is 0 Å². The van der Waals surface area contributed by atoms with Crippen LogP contribution in [-0.2, 0) is 4.74 Å². The number of hydrogen-bond donors (Lipinski definition) is 2. The Labute approximate surface area is 99.0 Å². The minimum atomic E-state index is -0.942. The van der Waals surface area contributed by atoms with E-state index in [2.05, 4.69) is 0 Å². The van der Waals surface area contributed by atoms with Gasteiger partial charge in [0.2, 0.25) is 0 Å². The van der Waals surface area contributed by atoms with E-state index in [9.17, 15) is 9.90 Å². The largest absolute Gasteiger partial charge is 0.439 e. The van der Waals surface area contributed by atoms with Crippen molar-refractivity contribution in [1.29, 1.82) is 0 Å². The van der Waals surface area contributed by atoms with E-state index in [1.807, 2.05) is 13.0 Å². The summed E-state index contributed by atoms with van der Waals surface area (Å²) < 4.78 is 4.82. The third-order valence-corrected chi connectivity index (χ3v) is 2.47. The van der Waals surface area contributed by atoms with Gasteiger partial charge in [0.25, 0.3) is 0 Å². The SMILES string of the molecule is Cc1ccc(C(OC(N)=O)C(C)O)c(Cl)c1. The van der Waals surface area contributed by atoms with Crippen LogP contribution in [0, 0.1) is 6.92 Å². The first-order valence-electron chi connectivity index (χ1n) is 4.82. The summed E-state index contributed by atoms with van der Waals surface area (Å²) in [4.78, 5) is 10.7. The third kappa shape index (κ3) is 3.12. The number of nitrogens with two attached hydrogens (primary N) is 1. The average molecular weight is 244 g/mol. The normalized spacial score (nSPS) is 14.2. The van der Waals surface area contributed by atoms with E-state index in [1.165, 1.54) is 6.92 Å². The Morgan fingerprint density at radius 3 is 2.62 bits per heavy atom. The number of hydrogen-bond acceptors (Lipinski definition) is 3. The van der Waals surface area contributed by atoms with Crippen molar-refractivity contribution >= 4 is 17.7 Å². The first-order chi connectivity index (χ1) is 7.41. The van der Waals surface area contributed by atoms with Gasteiger partial charge in [0.1, 0.15) is 0 Å². The molecule has 5 heteroatoms. The molecule has 2 unspecified atom stereocenters. The molecule has 2 atom stereocenters. The first kappa shape index (κ1) is 12.8. The topological polar surface area (TPSA) is 72.5 Å². The van der Waals surface area contributed by atoms with Crippen LogP contribution in [0.3, 0.4) is 0 Å². The van der Waals surface area contributed by atoms with Crippen LogP contribution in [0.4, 0.5) is 4.79 Å². The van der Waals surface area contributed by atoms with E-state index in [0.29, 0.717) is 10.6 Å².